The van der Waals surface area contributed by atoms with Crippen LogP contribution in [0.15, 0.2) is 24.3 Å². The number of benzene rings is 1. The second-order valence-corrected chi connectivity index (χ2v) is 5.38. The molecular weight excluding hydrogens is 320 g/mol. The molecule has 128 valence electrons. The predicted molar refractivity (Wildman–Crippen MR) is 88.7 cm³/mol. The van der Waals surface area contributed by atoms with Crippen LogP contribution in [0.4, 0.5) is 0 Å². The van der Waals surface area contributed by atoms with Gasteiger partial charge in [0, 0.05) is 45.3 Å². The zero-order chi connectivity index (χ0) is 17.1. The number of halogens is 1. The predicted octanol–water partition coefficient (Wildman–Crippen LogP) is 1.72. The number of methoxy groups -OCH3 is 1. The Kier molecular flexibility index (Phi) is 9.09. The molecule has 7 heteroatoms. The van der Waals surface area contributed by atoms with Gasteiger partial charge in [-0.3, -0.25) is 9.59 Å². The van der Waals surface area contributed by atoms with Crippen LogP contribution in [-0.2, 0) is 14.3 Å². The van der Waals surface area contributed by atoms with Crippen LogP contribution in [0.25, 0.3) is 0 Å². The molecule has 0 fully saturated rings. The first kappa shape index (κ1) is 19.3. The summed E-state index contributed by atoms with van der Waals surface area (Å²) in [4.78, 5) is 24.9. The molecular formula is C16H23ClN2O4. The van der Waals surface area contributed by atoms with Gasteiger partial charge in [-0.25, -0.2) is 0 Å². The molecule has 0 heterocycles. The van der Waals surface area contributed by atoms with Crippen molar-refractivity contribution in [3.63, 3.8) is 0 Å². The minimum absolute atomic E-state index is 0.0206. The summed E-state index contributed by atoms with van der Waals surface area (Å²) < 4.78 is 10.3. The zero-order valence-corrected chi connectivity index (χ0v) is 14.3. The minimum Gasteiger partial charge on any atom is -0.484 e. The molecule has 0 atom stereocenters. The van der Waals surface area contributed by atoms with Crippen molar-refractivity contribution in [2.75, 3.05) is 40.0 Å². The molecule has 0 aliphatic rings. The number of nitrogens with zero attached hydrogens (tertiary/aromatic N) is 1. The molecule has 0 aromatic heterocycles. The molecule has 1 rings (SSSR count). The summed E-state index contributed by atoms with van der Waals surface area (Å²) in [5.41, 5.74) is 0. The molecule has 0 aliphatic heterocycles. The summed E-state index contributed by atoms with van der Waals surface area (Å²) in [6, 6.07) is 6.78. The van der Waals surface area contributed by atoms with Crippen LogP contribution in [0.5, 0.6) is 5.75 Å². The topological polar surface area (TPSA) is 67.9 Å². The van der Waals surface area contributed by atoms with E-state index in [4.69, 9.17) is 21.1 Å². The number of ether oxygens (including phenoxy) is 2. The Balaban J connectivity index is 2.23. The Hall–Kier alpha value is -1.79. The van der Waals surface area contributed by atoms with Crippen LogP contribution in [0.3, 0.4) is 0 Å². The summed E-state index contributed by atoms with van der Waals surface area (Å²) >= 11 is 5.77. The molecule has 0 radical (unpaired) electrons. The molecule has 1 N–H and O–H groups in total. The van der Waals surface area contributed by atoms with Crippen LogP contribution in [0.1, 0.15) is 13.3 Å². The van der Waals surface area contributed by atoms with E-state index in [-0.39, 0.29) is 18.4 Å². The van der Waals surface area contributed by atoms with Crippen molar-refractivity contribution in [3.05, 3.63) is 29.3 Å². The highest BCUT2D eigenvalue weighted by molar-refractivity contribution is 6.30. The second-order valence-electron chi connectivity index (χ2n) is 4.94. The Morgan fingerprint density at radius 3 is 2.52 bits per heavy atom. The van der Waals surface area contributed by atoms with E-state index in [1.54, 1.807) is 36.3 Å². The van der Waals surface area contributed by atoms with Crippen molar-refractivity contribution in [3.8, 4) is 5.75 Å². The third kappa shape index (κ3) is 8.42. The first-order valence-corrected chi connectivity index (χ1v) is 7.80. The fraction of sp³-hybridized carbons (Fsp3) is 0.500. The minimum atomic E-state index is -0.236. The van der Waals surface area contributed by atoms with Gasteiger partial charge in [-0.1, -0.05) is 11.6 Å². The third-order valence-corrected chi connectivity index (χ3v) is 3.36. The second kappa shape index (κ2) is 10.9. The molecule has 0 aliphatic carbocycles. The number of carbonyl (C=O) groups is 2. The van der Waals surface area contributed by atoms with Gasteiger partial charge in [0.2, 0.25) is 5.91 Å². The Morgan fingerprint density at radius 1 is 1.22 bits per heavy atom. The quantitative estimate of drug-likeness (QED) is 0.657. The average Bonchev–Trinajstić information content (AvgIpc) is 2.53. The molecule has 0 saturated carbocycles. The smallest absolute Gasteiger partial charge is 0.258 e. The number of nitrogens with one attached hydrogen (secondary N) is 1. The van der Waals surface area contributed by atoms with Gasteiger partial charge in [0.1, 0.15) is 5.75 Å². The summed E-state index contributed by atoms with van der Waals surface area (Å²) in [7, 11) is 1.62. The number of carbonyl (C=O) groups excluding carboxylic acids is 2. The molecule has 2 amide bonds. The van der Waals surface area contributed by atoms with Crippen LogP contribution in [-0.4, -0.2) is 56.7 Å². The SMILES string of the molecule is COCCCN(CCNC(=O)COc1ccc(Cl)cc1)C(C)=O. The first-order valence-electron chi connectivity index (χ1n) is 7.42. The Labute approximate surface area is 141 Å². The lowest BCUT2D eigenvalue weighted by Crippen LogP contribution is -2.39. The Morgan fingerprint density at radius 2 is 1.91 bits per heavy atom. The maximum absolute atomic E-state index is 11.7. The molecule has 1 aromatic rings. The van der Waals surface area contributed by atoms with E-state index in [0.717, 1.165) is 6.42 Å². The van der Waals surface area contributed by atoms with Crippen LogP contribution in [0.2, 0.25) is 5.02 Å². The number of hydrogen-bond acceptors (Lipinski definition) is 4. The highest BCUT2D eigenvalue weighted by atomic mass is 35.5. The van der Waals surface area contributed by atoms with Gasteiger partial charge >= 0.3 is 0 Å². The van der Waals surface area contributed by atoms with Crippen molar-refractivity contribution >= 4 is 23.4 Å². The van der Waals surface area contributed by atoms with E-state index in [2.05, 4.69) is 5.32 Å². The average molecular weight is 343 g/mol. The number of amides is 2. The van der Waals surface area contributed by atoms with Gasteiger partial charge in [-0.15, -0.1) is 0 Å². The van der Waals surface area contributed by atoms with Crippen molar-refractivity contribution in [2.45, 2.75) is 13.3 Å². The van der Waals surface area contributed by atoms with E-state index in [9.17, 15) is 9.59 Å². The summed E-state index contributed by atoms with van der Waals surface area (Å²) in [5, 5.41) is 3.34. The van der Waals surface area contributed by atoms with Crippen LogP contribution in [0, 0.1) is 0 Å². The number of rotatable bonds is 10. The maximum atomic E-state index is 11.7. The molecule has 0 unspecified atom stereocenters. The summed E-state index contributed by atoms with van der Waals surface area (Å²) in [6.45, 7) is 3.50. The molecule has 0 bridgehead atoms. The lowest BCUT2D eigenvalue weighted by molar-refractivity contribution is -0.129. The number of hydrogen-bond donors (Lipinski definition) is 1. The lowest BCUT2D eigenvalue weighted by Gasteiger charge is -2.21. The highest BCUT2D eigenvalue weighted by Crippen LogP contribution is 2.15. The van der Waals surface area contributed by atoms with Crippen molar-refractivity contribution in [1.29, 1.82) is 0 Å². The van der Waals surface area contributed by atoms with E-state index in [1.807, 2.05) is 0 Å². The van der Waals surface area contributed by atoms with E-state index in [1.165, 1.54) is 6.92 Å². The molecule has 0 saturated heterocycles. The van der Waals surface area contributed by atoms with Gasteiger partial charge in [0.25, 0.3) is 5.91 Å². The van der Waals surface area contributed by atoms with Crippen LogP contribution < -0.4 is 10.1 Å². The normalized spacial score (nSPS) is 10.2. The van der Waals surface area contributed by atoms with Gasteiger partial charge in [0.05, 0.1) is 0 Å². The Bertz CT molecular complexity index is 493. The van der Waals surface area contributed by atoms with Crippen LogP contribution >= 0.6 is 11.6 Å². The summed E-state index contributed by atoms with van der Waals surface area (Å²) in [6.07, 6.45) is 0.768. The van der Waals surface area contributed by atoms with Crippen molar-refractivity contribution in [1.82, 2.24) is 10.2 Å². The van der Waals surface area contributed by atoms with Gasteiger partial charge in [-0.2, -0.15) is 0 Å². The first-order chi connectivity index (χ1) is 11.0. The maximum Gasteiger partial charge on any atom is 0.258 e. The highest BCUT2D eigenvalue weighted by Gasteiger charge is 2.09. The van der Waals surface area contributed by atoms with E-state index >= 15 is 0 Å². The molecule has 0 spiro atoms. The largest absolute Gasteiger partial charge is 0.484 e. The van der Waals surface area contributed by atoms with Gasteiger partial charge in [0.15, 0.2) is 6.61 Å². The third-order valence-electron chi connectivity index (χ3n) is 3.11. The summed E-state index contributed by atoms with van der Waals surface area (Å²) in [5.74, 6) is 0.322. The van der Waals surface area contributed by atoms with E-state index in [0.29, 0.717) is 37.0 Å². The molecule has 23 heavy (non-hydrogen) atoms. The lowest BCUT2D eigenvalue weighted by atomic mass is 10.3. The molecule has 1 aromatic carbocycles. The van der Waals surface area contributed by atoms with Crippen molar-refractivity contribution in [2.24, 2.45) is 0 Å². The monoisotopic (exact) mass is 342 g/mol. The van der Waals surface area contributed by atoms with Gasteiger partial charge in [-0.05, 0) is 30.7 Å². The van der Waals surface area contributed by atoms with Crippen molar-refractivity contribution < 1.29 is 19.1 Å². The fourth-order valence-corrected chi connectivity index (χ4v) is 2.01. The zero-order valence-electron chi connectivity index (χ0n) is 13.5. The standard InChI is InChI=1S/C16H23ClN2O4/c1-13(20)19(9-3-11-22-2)10-8-18-16(21)12-23-15-6-4-14(17)5-7-15/h4-7H,3,8-12H2,1-2H3,(H,18,21). The fourth-order valence-electron chi connectivity index (χ4n) is 1.89. The molecule has 6 nitrogen and oxygen atoms in total. The van der Waals surface area contributed by atoms with Gasteiger partial charge < -0.3 is 19.7 Å². The van der Waals surface area contributed by atoms with E-state index < -0.39 is 0 Å².